The van der Waals surface area contributed by atoms with Crippen molar-refractivity contribution in [3.8, 4) is 17.6 Å². The molecular weight excluding hydrogens is 316 g/mol. The maximum atomic E-state index is 12.3. The van der Waals surface area contributed by atoms with Gasteiger partial charge in [-0.25, -0.2) is 0 Å². The van der Waals surface area contributed by atoms with Gasteiger partial charge in [0.15, 0.2) is 6.10 Å². The molecule has 1 atom stereocenters. The zero-order chi connectivity index (χ0) is 16.8. The molecule has 0 spiro atoms. The Hall–Kier alpha value is -2.71. The number of methoxy groups -OCH3 is 1. The number of benzene rings is 2. The number of halogens is 1. The van der Waals surface area contributed by atoms with Crippen LogP contribution in [0.1, 0.15) is 12.5 Å². The van der Waals surface area contributed by atoms with E-state index in [1.54, 1.807) is 49.4 Å². The Morgan fingerprint density at radius 3 is 2.78 bits per heavy atom. The van der Waals surface area contributed by atoms with Gasteiger partial charge in [0.25, 0.3) is 5.91 Å². The fourth-order valence-corrected chi connectivity index (χ4v) is 2.08. The molecule has 0 saturated heterocycles. The van der Waals surface area contributed by atoms with Crippen LogP contribution in [0.4, 0.5) is 5.69 Å². The summed E-state index contributed by atoms with van der Waals surface area (Å²) in [5.74, 6) is 0.596. The summed E-state index contributed by atoms with van der Waals surface area (Å²) < 4.78 is 10.7. The number of carbonyl (C=O) groups is 1. The largest absolute Gasteiger partial charge is 0.495 e. The van der Waals surface area contributed by atoms with Crippen molar-refractivity contribution in [3.05, 3.63) is 53.1 Å². The summed E-state index contributed by atoms with van der Waals surface area (Å²) in [6, 6.07) is 13.6. The predicted molar refractivity (Wildman–Crippen MR) is 87.9 cm³/mol. The summed E-state index contributed by atoms with van der Waals surface area (Å²) in [6.07, 6.45) is -0.757. The maximum Gasteiger partial charge on any atom is 0.265 e. The van der Waals surface area contributed by atoms with Crippen molar-refractivity contribution in [3.63, 3.8) is 0 Å². The Morgan fingerprint density at radius 2 is 2.09 bits per heavy atom. The van der Waals surface area contributed by atoms with Crippen LogP contribution in [-0.2, 0) is 4.79 Å². The topological polar surface area (TPSA) is 71.3 Å². The molecule has 0 aliphatic carbocycles. The van der Waals surface area contributed by atoms with E-state index in [2.05, 4.69) is 5.32 Å². The van der Waals surface area contributed by atoms with Crippen LogP contribution in [0.15, 0.2) is 42.5 Å². The molecule has 6 heteroatoms. The Labute approximate surface area is 139 Å². The molecule has 0 bridgehead atoms. The monoisotopic (exact) mass is 330 g/mol. The number of nitriles is 1. The van der Waals surface area contributed by atoms with Gasteiger partial charge in [-0.15, -0.1) is 0 Å². The minimum atomic E-state index is -0.757. The van der Waals surface area contributed by atoms with Crippen molar-refractivity contribution >= 4 is 23.2 Å². The summed E-state index contributed by atoms with van der Waals surface area (Å²) in [5, 5.41) is 12.1. The Balaban J connectivity index is 2.08. The molecule has 1 N–H and O–H groups in total. The van der Waals surface area contributed by atoms with E-state index in [-0.39, 0.29) is 5.91 Å². The Bertz CT molecular complexity index is 756. The molecule has 0 aromatic heterocycles. The van der Waals surface area contributed by atoms with Crippen LogP contribution in [0, 0.1) is 11.3 Å². The van der Waals surface area contributed by atoms with E-state index in [9.17, 15) is 4.79 Å². The minimum Gasteiger partial charge on any atom is -0.495 e. The number of hydrogen-bond acceptors (Lipinski definition) is 4. The highest BCUT2D eigenvalue weighted by molar-refractivity contribution is 6.31. The van der Waals surface area contributed by atoms with Crippen LogP contribution in [0.5, 0.6) is 11.5 Å². The summed E-state index contributed by atoms with van der Waals surface area (Å²) in [5.41, 5.74) is 0.929. The van der Waals surface area contributed by atoms with Gasteiger partial charge in [-0.1, -0.05) is 17.7 Å². The summed E-state index contributed by atoms with van der Waals surface area (Å²) in [7, 11) is 1.51. The van der Waals surface area contributed by atoms with Crippen molar-refractivity contribution in [1.29, 1.82) is 5.26 Å². The second-order valence-electron chi connectivity index (χ2n) is 4.73. The number of nitrogens with one attached hydrogen (secondary N) is 1. The fourth-order valence-electron chi connectivity index (χ4n) is 1.91. The molecule has 0 aliphatic rings. The van der Waals surface area contributed by atoms with Crippen molar-refractivity contribution in [2.24, 2.45) is 0 Å². The average molecular weight is 331 g/mol. The summed E-state index contributed by atoms with van der Waals surface area (Å²) >= 11 is 5.93. The first-order valence-corrected chi connectivity index (χ1v) is 7.22. The van der Waals surface area contributed by atoms with Crippen molar-refractivity contribution in [2.45, 2.75) is 13.0 Å². The standard InChI is InChI=1S/C17H15ClN2O3/c1-11(23-14-5-3-4-12(8-14)10-19)17(21)20-15-9-13(18)6-7-16(15)22-2/h3-9,11H,1-2H3,(H,20,21)/t11-/m0/s1. The van der Waals surface area contributed by atoms with E-state index in [0.29, 0.717) is 27.8 Å². The molecule has 0 aliphatic heterocycles. The molecule has 0 unspecified atom stereocenters. The van der Waals surface area contributed by atoms with Gasteiger partial charge in [-0.05, 0) is 43.3 Å². The van der Waals surface area contributed by atoms with Crippen LogP contribution in [-0.4, -0.2) is 19.1 Å². The van der Waals surface area contributed by atoms with E-state index < -0.39 is 6.10 Å². The van der Waals surface area contributed by atoms with Gasteiger partial charge >= 0.3 is 0 Å². The molecule has 118 valence electrons. The molecule has 0 saturated carbocycles. The van der Waals surface area contributed by atoms with Crippen molar-refractivity contribution < 1.29 is 14.3 Å². The molecule has 2 aromatic rings. The van der Waals surface area contributed by atoms with Gasteiger partial charge in [0.05, 0.1) is 24.4 Å². The molecular formula is C17H15ClN2O3. The first kappa shape index (κ1) is 16.7. The number of nitrogens with zero attached hydrogens (tertiary/aromatic N) is 1. The number of anilines is 1. The average Bonchev–Trinajstić information content (AvgIpc) is 2.55. The van der Waals surface area contributed by atoms with E-state index in [4.69, 9.17) is 26.3 Å². The maximum absolute atomic E-state index is 12.3. The van der Waals surface area contributed by atoms with Crippen molar-refractivity contribution in [1.82, 2.24) is 0 Å². The summed E-state index contributed by atoms with van der Waals surface area (Å²) in [4.78, 5) is 12.3. The van der Waals surface area contributed by atoms with Gasteiger partial charge in [0, 0.05) is 5.02 Å². The van der Waals surface area contributed by atoms with E-state index in [0.717, 1.165) is 0 Å². The second-order valence-corrected chi connectivity index (χ2v) is 5.17. The van der Waals surface area contributed by atoms with Gasteiger partial charge in [-0.3, -0.25) is 4.79 Å². The van der Waals surface area contributed by atoms with E-state index >= 15 is 0 Å². The van der Waals surface area contributed by atoms with Crippen LogP contribution >= 0.6 is 11.6 Å². The molecule has 1 amide bonds. The fraction of sp³-hybridized carbons (Fsp3) is 0.176. The molecule has 2 aromatic carbocycles. The molecule has 23 heavy (non-hydrogen) atoms. The lowest BCUT2D eigenvalue weighted by Gasteiger charge is -2.16. The lowest BCUT2D eigenvalue weighted by atomic mass is 10.2. The first-order chi connectivity index (χ1) is 11.0. The van der Waals surface area contributed by atoms with Crippen LogP contribution in [0.25, 0.3) is 0 Å². The highest BCUT2D eigenvalue weighted by Crippen LogP contribution is 2.28. The zero-order valence-electron chi connectivity index (χ0n) is 12.7. The van der Waals surface area contributed by atoms with Gasteiger partial charge in [0.1, 0.15) is 11.5 Å². The number of ether oxygens (including phenoxy) is 2. The van der Waals surface area contributed by atoms with Gasteiger partial charge < -0.3 is 14.8 Å². The molecule has 2 rings (SSSR count). The quantitative estimate of drug-likeness (QED) is 0.908. The Kier molecular flexibility index (Phi) is 5.45. The van der Waals surface area contributed by atoms with E-state index in [1.807, 2.05) is 6.07 Å². The minimum absolute atomic E-state index is 0.354. The van der Waals surface area contributed by atoms with Gasteiger partial charge in [-0.2, -0.15) is 5.26 Å². The lowest BCUT2D eigenvalue weighted by Crippen LogP contribution is -2.30. The smallest absolute Gasteiger partial charge is 0.265 e. The third-order valence-electron chi connectivity index (χ3n) is 3.06. The molecule has 0 heterocycles. The van der Waals surface area contributed by atoms with E-state index in [1.165, 1.54) is 7.11 Å². The first-order valence-electron chi connectivity index (χ1n) is 6.84. The second kappa shape index (κ2) is 7.52. The number of carbonyl (C=O) groups excluding carboxylic acids is 1. The third kappa shape index (κ3) is 4.38. The van der Waals surface area contributed by atoms with Crippen LogP contribution < -0.4 is 14.8 Å². The normalized spacial score (nSPS) is 11.2. The number of rotatable bonds is 5. The predicted octanol–water partition coefficient (Wildman–Crippen LogP) is 3.63. The van der Waals surface area contributed by atoms with Crippen LogP contribution in [0.3, 0.4) is 0 Å². The summed E-state index contributed by atoms with van der Waals surface area (Å²) in [6.45, 7) is 1.62. The third-order valence-corrected chi connectivity index (χ3v) is 3.30. The lowest BCUT2D eigenvalue weighted by molar-refractivity contribution is -0.122. The molecule has 0 radical (unpaired) electrons. The number of amides is 1. The highest BCUT2D eigenvalue weighted by Gasteiger charge is 2.17. The highest BCUT2D eigenvalue weighted by atomic mass is 35.5. The van der Waals surface area contributed by atoms with Crippen molar-refractivity contribution in [2.75, 3.05) is 12.4 Å². The molecule has 0 fully saturated rings. The Morgan fingerprint density at radius 1 is 1.30 bits per heavy atom. The molecule has 5 nitrogen and oxygen atoms in total. The van der Waals surface area contributed by atoms with Crippen LogP contribution in [0.2, 0.25) is 5.02 Å². The SMILES string of the molecule is COc1ccc(Cl)cc1NC(=O)[C@H](C)Oc1cccc(C#N)c1. The van der Waals surface area contributed by atoms with Gasteiger partial charge in [0.2, 0.25) is 0 Å². The number of hydrogen-bond donors (Lipinski definition) is 1. The zero-order valence-corrected chi connectivity index (χ0v) is 13.4.